The van der Waals surface area contributed by atoms with Crippen LogP contribution in [0.2, 0.25) is 0 Å². The molecule has 0 spiro atoms. The van der Waals surface area contributed by atoms with Gasteiger partial charge in [0.15, 0.2) is 0 Å². The summed E-state index contributed by atoms with van der Waals surface area (Å²) in [5.41, 5.74) is 4.80. The zero-order valence-electron chi connectivity index (χ0n) is 16.8. The second-order valence-electron chi connectivity index (χ2n) is 7.04. The first-order chi connectivity index (χ1) is 13.5. The Kier molecular flexibility index (Phi) is 8.40. The van der Waals surface area contributed by atoms with E-state index >= 15 is 0 Å². The average molecular weight is 384 g/mol. The van der Waals surface area contributed by atoms with Crippen molar-refractivity contribution in [2.45, 2.75) is 46.0 Å². The topological polar surface area (TPSA) is 46.5 Å². The van der Waals surface area contributed by atoms with Crippen molar-refractivity contribution in [1.82, 2.24) is 0 Å². The third-order valence-electron chi connectivity index (χ3n) is 4.65. The molecule has 0 amide bonds. The number of halogens is 1. The molecule has 0 saturated carbocycles. The zero-order chi connectivity index (χ0) is 20.5. The molecular weight excluding hydrogens is 355 g/mol. The molecule has 0 radical (unpaired) electrons. The Morgan fingerprint density at radius 1 is 1.11 bits per heavy atom. The van der Waals surface area contributed by atoms with Crippen LogP contribution in [0.1, 0.15) is 43.4 Å². The zero-order valence-corrected chi connectivity index (χ0v) is 16.8. The van der Waals surface area contributed by atoms with Crippen molar-refractivity contribution in [3.8, 4) is 11.1 Å². The van der Waals surface area contributed by atoms with Gasteiger partial charge in [0.05, 0.1) is 6.61 Å². The van der Waals surface area contributed by atoms with E-state index in [9.17, 15) is 9.18 Å². The Hall–Kier alpha value is -2.46. The highest BCUT2D eigenvalue weighted by Crippen LogP contribution is 2.27. The van der Waals surface area contributed by atoms with E-state index in [0.717, 1.165) is 41.5 Å². The maximum atomic E-state index is 14.6. The summed E-state index contributed by atoms with van der Waals surface area (Å²) in [6.45, 7) is 7.61. The van der Waals surface area contributed by atoms with Crippen LogP contribution < -0.4 is 0 Å². The number of benzene rings is 2. The van der Waals surface area contributed by atoms with Gasteiger partial charge in [-0.1, -0.05) is 50.3 Å². The lowest BCUT2D eigenvalue weighted by atomic mass is 9.94. The Bertz CT molecular complexity index is 827. The highest BCUT2D eigenvalue weighted by Gasteiger charge is 2.11. The molecule has 0 aliphatic rings. The fraction of sp³-hybridized carbons (Fsp3) is 0.375. The molecule has 3 nitrogen and oxygen atoms in total. The Balaban J connectivity index is 2.26. The van der Waals surface area contributed by atoms with Gasteiger partial charge >= 0.3 is 5.97 Å². The normalized spacial score (nSPS) is 10.7. The first-order valence-corrected chi connectivity index (χ1v) is 9.80. The molecule has 0 aliphatic carbocycles. The SMILES string of the molecule is C=C(C)C(=O)OCCc1cc(-c2ccc(CCC)cc2F)ccc1CCCO. The Morgan fingerprint density at radius 2 is 1.89 bits per heavy atom. The standard InChI is InChI=1S/C24H29FO3/c1-4-6-18-8-11-22(23(25)15-18)21-10-9-19(7-5-13-26)20(16-21)12-14-28-24(27)17(2)3/h8-11,15-16,26H,2,4-7,12-14H2,1,3H3. The number of rotatable bonds is 10. The van der Waals surface area contributed by atoms with E-state index in [2.05, 4.69) is 13.5 Å². The number of hydrogen-bond donors (Lipinski definition) is 1. The van der Waals surface area contributed by atoms with Gasteiger partial charge in [-0.3, -0.25) is 0 Å². The van der Waals surface area contributed by atoms with Crippen LogP contribution in [0.5, 0.6) is 0 Å². The summed E-state index contributed by atoms with van der Waals surface area (Å²) in [4.78, 5) is 11.6. The second kappa shape index (κ2) is 10.8. The van der Waals surface area contributed by atoms with Crippen LogP contribution in [-0.2, 0) is 28.8 Å². The molecule has 0 unspecified atom stereocenters. The van der Waals surface area contributed by atoms with Crippen molar-refractivity contribution in [3.63, 3.8) is 0 Å². The smallest absolute Gasteiger partial charge is 0.333 e. The Morgan fingerprint density at radius 3 is 2.54 bits per heavy atom. The van der Waals surface area contributed by atoms with Gasteiger partial charge in [0, 0.05) is 24.2 Å². The second-order valence-corrected chi connectivity index (χ2v) is 7.04. The van der Waals surface area contributed by atoms with Crippen molar-refractivity contribution in [1.29, 1.82) is 0 Å². The van der Waals surface area contributed by atoms with Crippen molar-refractivity contribution < 1.29 is 19.0 Å². The number of carbonyl (C=O) groups excluding carboxylic acids is 1. The minimum absolute atomic E-state index is 0.110. The van der Waals surface area contributed by atoms with Gasteiger partial charge in [-0.2, -0.15) is 0 Å². The van der Waals surface area contributed by atoms with Crippen LogP contribution in [0.3, 0.4) is 0 Å². The van der Waals surface area contributed by atoms with Crippen LogP contribution in [0, 0.1) is 5.82 Å². The predicted octanol–water partition coefficient (Wildman–Crippen LogP) is 5.03. The van der Waals surface area contributed by atoms with Gasteiger partial charge in [-0.25, -0.2) is 9.18 Å². The summed E-state index contributed by atoms with van der Waals surface area (Å²) in [6, 6.07) is 11.2. The molecule has 0 heterocycles. The molecule has 0 fully saturated rings. The highest BCUT2D eigenvalue weighted by molar-refractivity contribution is 5.86. The minimum Gasteiger partial charge on any atom is -0.462 e. The monoisotopic (exact) mass is 384 g/mol. The molecule has 0 bridgehead atoms. The third-order valence-corrected chi connectivity index (χ3v) is 4.65. The summed E-state index contributed by atoms with van der Waals surface area (Å²) < 4.78 is 19.8. The van der Waals surface area contributed by atoms with Gasteiger partial charge in [-0.05, 0) is 54.5 Å². The first kappa shape index (κ1) is 21.8. The average Bonchev–Trinajstić information content (AvgIpc) is 2.67. The number of carbonyl (C=O) groups is 1. The van der Waals surface area contributed by atoms with Crippen LogP contribution in [0.4, 0.5) is 4.39 Å². The lowest BCUT2D eigenvalue weighted by Gasteiger charge is -2.13. The number of ether oxygens (including phenoxy) is 1. The van der Waals surface area contributed by atoms with E-state index in [0.29, 0.717) is 24.0 Å². The van der Waals surface area contributed by atoms with E-state index in [4.69, 9.17) is 9.84 Å². The quantitative estimate of drug-likeness (QED) is 0.461. The lowest BCUT2D eigenvalue weighted by Crippen LogP contribution is -2.09. The predicted molar refractivity (Wildman–Crippen MR) is 111 cm³/mol. The van der Waals surface area contributed by atoms with E-state index in [1.165, 1.54) is 0 Å². The summed E-state index contributed by atoms with van der Waals surface area (Å²) in [5.74, 6) is -0.640. The maximum absolute atomic E-state index is 14.6. The number of hydrogen-bond acceptors (Lipinski definition) is 3. The summed E-state index contributed by atoms with van der Waals surface area (Å²) >= 11 is 0. The molecule has 0 aliphatic heterocycles. The molecule has 4 heteroatoms. The molecule has 0 aromatic heterocycles. The van der Waals surface area contributed by atoms with E-state index in [1.807, 2.05) is 30.3 Å². The molecule has 2 aromatic rings. The largest absolute Gasteiger partial charge is 0.462 e. The summed E-state index contributed by atoms with van der Waals surface area (Å²) in [6.07, 6.45) is 3.74. The molecule has 28 heavy (non-hydrogen) atoms. The molecule has 0 saturated heterocycles. The number of aliphatic hydroxyl groups excluding tert-OH is 1. The summed E-state index contributed by atoms with van der Waals surface area (Å²) in [7, 11) is 0. The molecule has 2 aromatic carbocycles. The van der Waals surface area contributed by atoms with Gasteiger partial charge in [0.2, 0.25) is 0 Å². The van der Waals surface area contributed by atoms with E-state index in [1.54, 1.807) is 13.0 Å². The number of esters is 1. The van der Waals surface area contributed by atoms with Crippen LogP contribution in [0.15, 0.2) is 48.6 Å². The van der Waals surface area contributed by atoms with Crippen molar-refractivity contribution in [2.24, 2.45) is 0 Å². The third kappa shape index (κ3) is 6.03. The molecule has 2 rings (SSSR count). The van der Waals surface area contributed by atoms with E-state index in [-0.39, 0.29) is 19.0 Å². The summed E-state index contributed by atoms with van der Waals surface area (Å²) in [5, 5.41) is 9.14. The number of aryl methyl sites for hydroxylation is 2. The van der Waals surface area contributed by atoms with E-state index < -0.39 is 5.97 Å². The van der Waals surface area contributed by atoms with Crippen LogP contribution in [-0.4, -0.2) is 24.3 Å². The van der Waals surface area contributed by atoms with Crippen molar-refractivity contribution in [2.75, 3.05) is 13.2 Å². The maximum Gasteiger partial charge on any atom is 0.333 e. The van der Waals surface area contributed by atoms with Crippen LogP contribution >= 0.6 is 0 Å². The molecule has 0 atom stereocenters. The molecule has 150 valence electrons. The van der Waals surface area contributed by atoms with Gasteiger partial charge < -0.3 is 9.84 Å². The fourth-order valence-electron chi connectivity index (χ4n) is 3.15. The van der Waals surface area contributed by atoms with Gasteiger partial charge in [0.1, 0.15) is 5.82 Å². The Labute approximate surface area is 166 Å². The van der Waals surface area contributed by atoms with Gasteiger partial charge in [-0.15, -0.1) is 0 Å². The molecular formula is C24H29FO3. The van der Waals surface area contributed by atoms with Gasteiger partial charge in [0.25, 0.3) is 0 Å². The highest BCUT2D eigenvalue weighted by atomic mass is 19.1. The van der Waals surface area contributed by atoms with Crippen molar-refractivity contribution in [3.05, 3.63) is 71.1 Å². The lowest BCUT2D eigenvalue weighted by molar-refractivity contribution is -0.138. The fourth-order valence-corrected chi connectivity index (χ4v) is 3.15. The van der Waals surface area contributed by atoms with Crippen molar-refractivity contribution >= 4 is 5.97 Å². The molecule has 1 N–H and O–H groups in total. The first-order valence-electron chi connectivity index (χ1n) is 9.80. The number of aliphatic hydroxyl groups is 1. The van der Waals surface area contributed by atoms with Crippen LogP contribution in [0.25, 0.3) is 11.1 Å². The minimum atomic E-state index is -0.411.